The third-order valence-electron chi connectivity index (χ3n) is 5.19. The summed E-state index contributed by atoms with van der Waals surface area (Å²) in [6.45, 7) is 13.7. The van der Waals surface area contributed by atoms with Crippen molar-refractivity contribution >= 4 is 11.9 Å². The van der Waals surface area contributed by atoms with Crippen molar-refractivity contribution < 1.29 is 19.1 Å². The lowest BCUT2D eigenvalue weighted by Gasteiger charge is -2.17. The second-order valence-electron chi connectivity index (χ2n) is 7.87. The molecular formula is C28H36N6O4. The number of carbonyl (C=O) groups is 2. The lowest BCUT2D eigenvalue weighted by molar-refractivity contribution is -0.145. The molecule has 0 aromatic rings. The zero-order valence-electron chi connectivity index (χ0n) is 22.3. The number of rotatable bonds is 19. The molecule has 0 atom stereocenters. The number of allylic oxidation sites excluding steroid dienone is 6. The van der Waals surface area contributed by atoms with Crippen LogP contribution in [0.25, 0.3) is 4.85 Å². The molecule has 0 saturated heterocycles. The lowest BCUT2D eigenvalue weighted by atomic mass is 10.1. The summed E-state index contributed by atoms with van der Waals surface area (Å²) in [5.74, 6) is -0.519. The molecule has 0 aliphatic carbocycles. The number of hydrogen-bond donors (Lipinski definition) is 0. The fraction of sp³-hybridized carbons (Fsp3) is 0.500. The standard InChI is InChI=1S/C28H36N6O4/c1-4-33(16-10-12-25(22-29)23-30)18-20-37-27(35)14-8-6-7-9-15-28(36)38-21-19-34(5-2)17-11-13-26(24-31)32-3/h10-13,16-17H,4-9,14-15,18-21H2,1-2H3/b16-10+,17-11+,26-13+. The van der Waals surface area contributed by atoms with Gasteiger partial charge in [0.15, 0.2) is 0 Å². The van der Waals surface area contributed by atoms with E-state index in [2.05, 4.69) is 4.85 Å². The van der Waals surface area contributed by atoms with Crippen LogP contribution in [0.5, 0.6) is 0 Å². The van der Waals surface area contributed by atoms with Gasteiger partial charge in [-0.05, 0) is 57.3 Å². The highest BCUT2D eigenvalue weighted by Gasteiger charge is 2.06. The maximum absolute atomic E-state index is 11.9. The minimum Gasteiger partial charge on any atom is -0.464 e. The summed E-state index contributed by atoms with van der Waals surface area (Å²) in [4.78, 5) is 30.7. The first kappa shape index (κ1) is 33.5. The summed E-state index contributed by atoms with van der Waals surface area (Å²) in [6, 6.07) is 5.36. The highest BCUT2D eigenvalue weighted by atomic mass is 16.5. The Morgan fingerprint density at radius 3 is 1.66 bits per heavy atom. The van der Waals surface area contributed by atoms with Gasteiger partial charge in [0.2, 0.25) is 0 Å². The second kappa shape index (κ2) is 22.9. The number of hydrogen-bond acceptors (Lipinski definition) is 9. The smallest absolute Gasteiger partial charge is 0.305 e. The van der Waals surface area contributed by atoms with Crippen molar-refractivity contribution in [3.8, 4) is 18.2 Å². The van der Waals surface area contributed by atoms with E-state index < -0.39 is 0 Å². The van der Waals surface area contributed by atoms with Gasteiger partial charge >= 0.3 is 11.9 Å². The predicted molar refractivity (Wildman–Crippen MR) is 142 cm³/mol. The van der Waals surface area contributed by atoms with Crippen LogP contribution in [0.1, 0.15) is 52.4 Å². The number of nitrogens with zero attached hydrogens (tertiary/aromatic N) is 6. The number of unbranched alkanes of at least 4 members (excludes halogenated alkanes) is 3. The zero-order chi connectivity index (χ0) is 28.4. The minimum absolute atomic E-state index is 0.00674. The topological polar surface area (TPSA) is 135 Å². The second-order valence-corrected chi connectivity index (χ2v) is 7.87. The molecule has 0 N–H and O–H groups in total. The Kier molecular flexibility index (Phi) is 20.2. The molecule has 0 bridgehead atoms. The normalized spacial score (nSPS) is 10.6. The van der Waals surface area contributed by atoms with Gasteiger partial charge in [-0.25, -0.2) is 10.1 Å². The Bertz CT molecular complexity index is 904. The van der Waals surface area contributed by atoms with Gasteiger partial charge in [-0.2, -0.15) is 10.5 Å². The van der Waals surface area contributed by atoms with Crippen molar-refractivity contribution in [1.82, 2.24) is 9.80 Å². The summed E-state index contributed by atoms with van der Waals surface area (Å²) in [5, 5.41) is 26.1. The van der Waals surface area contributed by atoms with Crippen molar-refractivity contribution in [2.45, 2.75) is 52.4 Å². The Morgan fingerprint density at radius 2 is 1.26 bits per heavy atom. The molecule has 0 aliphatic heterocycles. The number of nitriles is 3. The molecule has 38 heavy (non-hydrogen) atoms. The van der Waals surface area contributed by atoms with Gasteiger partial charge in [-0.1, -0.05) is 18.9 Å². The number of carbonyl (C=O) groups excluding carboxylic acids is 2. The number of ether oxygens (including phenoxy) is 2. The molecule has 0 aliphatic rings. The fourth-order valence-corrected chi connectivity index (χ4v) is 2.98. The molecule has 202 valence electrons. The zero-order valence-corrected chi connectivity index (χ0v) is 22.3. The van der Waals surface area contributed by atoms with Crippen LogP contribution in [0.15, 0.2) is 48.0 Å². The van der Waals surface area contributed by atoms with Gasteiger partial charge in [-0.3, -0.25) is 9.59 Å². The molecule has 0 radical (unpaired) electrons. The van der Waals surface area contributed by atoms with Crippen LogP contribution < -0.4 is 0 Å². The molecule has 0 heterocycles. The minimum atomic E-state index is -0.261. The first-order valence-corrected chi connectivity index (χ1v) is 12.6. The predicted octanol–water partition coefficient (Wildman–Crippen LogP) is 4.38. The van der Waals surface area contributed by atoms with Crippen LogP contribution in [0, 0.1) is 40.6 Å². The van der Waals surface area contributed by atoms with Crippen molar-refractivity contribution in [2.24, 2.45) is 0 Å². The first-order chi connectivity index (χ1) is 18.4. The molecular weight excluding hydrogens is 484 g/mol. The van der Waals surface area contributed by atoms with Crippen LogP contribution in [-0.4, -0.2) is 61.1 Å². The van der Waals surface area contributed by atoms with E-state index in [0.717, 1.165) is 12.8 Å². The van der Waals surface area contributed by atoms with E-state index in [4.69, 9.17) is 31.8 Å². The van der Waals surface area contributed by atoms with Gasteiger partial charge in [0, 0.05) is 25.9 Å². The first-order valence-electron chi connectivity index (χ1n) is 12.6. The highest BCUT2D eigenvalue weighted by molar-refractivity contribution is 5.69. The van der Waals surface area contributed by atoms with E-state index in [1.807, 2.05) is 23.6 Å². The van der Waals surface area contributed by atoms with E-state index in [1.165, 1.54) is 12.2 Å². The summed E-state index contributed by atoms with van der Waals surface area (Å²) in [6.07, 6.45) is 13.3. The summed E-state index contributed by atoms with van der Waals surface area (Å²) in [5.41, 5.74) is 0.0280. The van der Waals surface area contributed by atoms with E-state index in [9.17, 15) is 9.59 Å². The quantitative estimate of drug-likeness (QED) is 0.0799. The van der Waals surface area contributed by atoms with Crippen LogP contribution in [0.4, 0.5) is 0 Å². The van der Waals surface area contributed by atoms with Gasteiger partial charge in [0.05, 0.1) is 25.7 Å². The van der Waals surface area contributed by atoms with Crippen molar-refractivity contribution in [1.29, 1.82) is 15.8 Å². The Morgan fingerprint density at radius 1 is 0.789 bits per heavy atom. The largest absolute Gasteiger partial charge is 0.464 e. The monoisotopic (exact) mass is 520 g/mol. The molecule has 0 unspecified atom stereocenters. The third kappa shape index (κ3) is 17.8. The lowest BCUT2D eigenvalue weighted by Crippen LogP contribution is -2.23. The molecule has 10 heteroatoms. The van der Waals surface area contributed by atoms with Gasteiger partial charge < -0.3 is 19.3 Å². The molecule has 0 rings (SSSR count). The van der Waals surface area contributed by atoms with Gasteiger partial charge in [0.1, 0.15) is 30.9 Å². The van der Waals surface area contributed by atoms with Crippen molar-refractivity contribution in [2.75, 3.05) is 39.4 Å². The molecule has 0 spiro atoms. The third-order valence-corrected chi connectivity index (χ3v) is 5.19. The van der Waals surface area contributed by atoms with Crippen LogP contribution in [-0.2, 0) is 19.1 Å². The summed E-state index contributed by atoms with van der Waals surface area (Å²) >= 11 is 0. The van der Waals surface area contributed by atoms with Crippen LogP contribution in [0.3, 0.4) is 0 Å². The number of esters is 2. The van der Waals surface area contributed by atoms with Crippen LogP contribution in [0.2, 0.25) is 0 Å². The molecule has 0 amide bonds. The Hall–Kier alpha value is -4.54. The van der Waals surface area contributed by atoms with E-state index in [-0.39, 0.29) is 36.4 Å². The SMILES string of the molecule is [C-]#[N+]/C(C#N)=C/C=C/N(CC)CCOC(=O)CCCCCCC(=O)OCCN(/C=C/C=C(C#N)C#N)CC. The van der Waals surface area contributed by atoms with Crippen LogP contribution >= 0.6 is 0 Å². The van der Waals surface area contributed by atoms with E-state index >= 15 is 0 Å². The summed E-state index contributed by atoms with van der Waals surface area (Å²) < 4.78 is 10.5. The summed E-state index contributed by atoms with van der Waals surface area (Å²) in [7, 11) is 0. The van der Waals surface area contributed by atoms with Gasteiger partial charge in [-0.15, -0.1) is 0 Å². The molecule has 0 saturated carbocycles. The average molecular weight is 521 g/mol. The maximum Gasteiger partial charge on any atom is 0.305 e. The van der Waals surface area contributed by atoms with E-state index in [1.54, 1.807) is 42.8 Å². The average Bonchev–Trinajstić information content (AvgIpc) is 2.93. The fourth-order valence-electron chi connectivity index (χ4n) is 2.98. The van der Waals surface area contributed by atoms with Crippen molar-refractivity contribution in [3.05, 3.63) is 59.4 Å². The maximum atomic E-state index is 11.9. The highest BCUT2D eigenvalue weighted by Crippen LogP contribution is 2.07. The number of likely N-dealkylation sites (N-methyl/N-ethyl adjacent to an activating group) is 2. The Labute approximate surface area is 226 Å². The van der Waals surface area contributed by atoms with Crippen molar-refractivity contribution in [3.63, 3.8) is 0 Å². The molecule has 0 aromatic carbocycles. The molecule has 0 aromatic heterocycles. The van der Waals surface area contributed by atoms with Gasteiger partial charge in [0.25, 0.3) is 5.70 Å². The molecule has 0 fully saturated rings. The molecule has 10 nitrogen and oxygen atoms in total. The van der Waals surface area contributed by atoms with E-state index in [0.29, 0.717) is 51.9 Å². The Balaban J connectivity index is 3.96.